The SMILES string of the molecule is CCNC(=O)C(C)n1c(C(C)Cl)nc2c(Cl)cccc21. The highest BCUT2D eigenvalue weighted by Crippen LogP contribution is 2.31. The molecule has 2 atom stereocenters. The molecule has 0 bridgehead atoms. The zero-order chi connectivity index (χ0) is 14.9. The van der Waals surface area contributed by atoms with Gasteiger partial charge in [0.1, 0.15) is 17.4 Å². The van der Waals surface area contributed by atoms with Gasteiger partial charge in [0.15, 0.2) is 0 Å². The van der Waals surface area contributed by atoms with E-state index < -0.39 is 6.04 Å². The molecule has 0 saturated heterocycles. The van der Waals surface area contributed by atoms with Crippen LogP contribution >= 0.6 is 23.2 Å². The molecule has 1 heterocycles. The molecule has 2 rings (SSSR count). The summed E-state index contributed by atoms with van der Waals surface area (Å²) in [7, 11) is 0. The maximum atomic E-state index is 12.1. The molecule has 0 aliphatic rings. The highest BCUT2D eigenvalue weighted by Gasteiger charge is 2.24. The van der Waals surface area contributed by atoms with E-state index in [1.807, 2.05) is 37.5 Å². The summed E-state index contributed by atoms with van der Waals surface area (Å²) in [6.45, 7) is 6.13. The van der Waals surface area contributed by atoms with E-state index in [1.54, 1.807) is 6.07 Å². The lowest BCUT2D eigenvalue weighted by Crippen LogP contribution is -2.31. The number of nitrogens with zero attached hydrogens (tertiary/aromatic N) is 2. The molecule has 2 aromatic rings. The molecule has 0 saturated carbocycles. The lowest BCUT2D eigenvalue weighted by molar-refractivity contribution is -0.123. The van der Waals surface area contributed by atoms with Crippen molar-refractivity contribution in [3.63, 3.8) is 0 Å². The van der Waals surface area contributed by atoms with Gasteiger partial charge in [-0.15, -0.1) is 11.6 Å². The minimum absolute atomic E-state index is 0.0645. The van der Waals surface area contributed by atoms with Crippen LogP contribution < -0.4 is 5.32 Å². The van der Waals surface area contributed by atoms with E-state index >= 15 is 0 Å². The van der Waals surface area contributed by atoms with Crippen LogP contribution in [-0.2, 0) is 4.79 Å². The Morgan fingerprint density at radius 1 is 1.45 bits per heavy atom. The molecule has 108 valence electrons. The Morgan fingerprint density at radius 3 is 2.75 bits per heavy atom. The van der Waals surface area contributed by atoms with Crippen LogP contribution in [0.3, 0.4) is 0 Å². The number of amides is 1. The second-order valence-corrected chi connectivity index (χ2v) is 5.70. The number of hydrogen-bond donors (Lipinski definition) is 1. The maximum absolute atomic E-state index is 12.1. The molecule has 4 nitrogen and oxygen atoms in total. The van der Waals surface area contributed by atoms with Crippen LogP contribution in [0, 0.1) is 0 Å². The summed E-state index contributed by atoms with van der Waals surface area (Å²) in [6.07, 6.45) is 0. The highest BCUT2D eigenvalue weighted by atomic mass is 35.5. The van der Waals surface area contributed by atoms with E-state index in [0.29, 0.717) is 22.9 Å². The lowest BCUT2D eigenvalue weighted by atomic mass is 10.2. The van der Waals surface area contributed by atoms with Gasteiger partial charge in [0.05, 0.1) is 15.9 Å². The van der Waals surface area contributed by atoms with E-state index in [0.717, 1.165) is 5.52 Å². The number of para-hydroxylation sites is 1. The fourth-order valence-electron chi connectivity index (χ4n) is 2.23. The minimum Gasteiger partial charge on any atom is -0.355 e. The Bertz CT molecular complexity index is 637. The number of aromatic nitrogens is 2. The molecule has 0 radical (unpaired) electrons. The Balaban J connectivity index is 2.63. The largest absolute Gasteiger partial charge is 0.355 e. The number of carbonyl (C=O) groups is 1. The van der Waals surface area contributed by atoms with Gasteiger partial charge in [0.25, 0.3) is 0 Å². The molecular formula is C14H17Cl2N3O. The first-order chi connectivity index (χ1) is 9.47. The van der Waals surface area contributed by atoms with Gasteiger partial charge in [-0.05, 0) is 32.9 Å². The quantitative estimate of drug-likeness (QED) is 0.875. The molecule has 1 amide bonds. The summed E-state index contributed by atoms with van der Waals surface area (Å²) < 4.78 is 1.85. The van der Waals surface area contributed by atoms with Gasteiger partial charge in [-0.1, -0.05) is 17.7 Å². The molecule has 0 aliphatic carbocycles. The summed E-state index contributed by atoms with van der Waals surface area (Å²) >= 11 is 12.4. The summed E-state index contributed by atoms with van der Waals surface area (Å²) in [4.78, 5) is 16.6. The minimum atomic E-state index is -0.394. The van der Waals surface area contributed by atoms with Crippen molar-refractivity contribution in [3.05, 3.63) is 29.0 Å². The van der Waals surface area contributed by atoms with Crippen molar-refractivity contribution in [1.29, 1.82) is 0 Å². The van der Waals surface area contributed by atoms with Gasteiger partial charge >= 0.3 is 0 Å². The number of imidazole rings is 1. The van der Waals surface area contributed by atoms with Gasteiger partial charge in [-0.25, -0.2) is 4.98 Å². The molecule has 1 N–H and O–H groups in total. The number of alkyl halides is 1. The summed E-state index contributed by atoms with van der Waals surface area (Å²) in [5.74, 6) is 0.582. The average molecular weight is 314 g/mol. The predicted molar refractivity (Wildman–Crippen MR) is 82.4 cm³/mol. The van der Waals surface area contributed by atoms with Crippen molar-refractivity contribution in [1.82, 2.24) is 14.9 Å². The maximum Gasteiger partial charge on any atom is 0.242 e. The lowest BCUT2D eigenvalue weighted by Gasteiger charge is -2.17. The van der Waals surface area contributed by atoms with Crippen molar-refractivity contribution >= 4 is 40.1 Å². The third-order valence-corrected chi connectivity index (χ3v) is 3.67. The number of likely N-dealkylation sites (N-methyl/N-ethyl adjacent to an activating group) is 1. The fraction of sp³-hybridized carbons (Fsp3) is 0.429. The molecular weight excluding hydrogens is 297 g/mol. The topological polar surface area (TPSA) is 46.9 Å². The highest BCUT2D eigenvalue weighted by molar-refractivity contribution is 6.35. The Morgan fingerprint density at radius 2 is 2.15 bits per heavy atom. The monoisotopic (exact) mass is 313 g/mol. The van der Waals surface area contributed by atoms with Crippen LogP contribution in [0.15, 0.2) is 18.2 Å². The van der Waals surface area contributed by atoms with Gasteiger partial charge in [0.2, 0.25) is 5.91 Å². The number of nitrogens with one attached hydrogen (secondary N) is 1. The smallest absolute Gasteiger partial charge is 0.242 e. The van der Waals surface area contributed by atoms with Crippen LogP contribution in [-0.4, -0.2) is 22.0 Å². The van der Waals surface area contributed by atoms with Crippen LogP contribution in [0.4, 0.5) is 0 Å². The zero-order valence-electron chi connectivity index (χ0n) is 11.7. The molecule has 0 aliphatic heterocycles. The first-order valence-corrected chi connectivity index (χ1v) is 7.37. The van der Waals surface area contributed by atoms with Crippen LogP contribution in [0.25, 0.3) is 11.0 Å². The van der Waals surface area contributed by atoms with Gasteiger partial charge in [-0.2, -0.15) is 0 Å². The molecule has 1 aromatic carbocycles. The Kier molecular flexibility index (Phi) is 4.55. The summed E-state index contributed by atoms with van der Waals surface area (Å²) in [5.41, 5.74) is 1.49. The normalized spacial score (nSPS) is 14.2. The van der Waals surface area contributed by atoms with Crippen molar-refractivity contribution in [2.24, 2.45) is 0 Å². The predicted octanol–water partition coefficient (Wildman–Crippen LogP) is 3.69. The van der Waals surface area contributed by atoms with E-state index in [4.69, 9.17) is 23.2 Å². The van der Waals surface area contributed by atoms with Crippen LogP contribution in [0.2, 0.25) is 5.02 Å². The van der Waals surface area contributed by atoms with Crippen molar-refractivity contribution in [3.8, 4) is 0 Å². The van der Waals surface area contributed by atoms with Gasteiger partial charge in [-0.3, -0.25) is 4.79 Å². The number of hydrogen-bond acceptors (Lipinski definition) is 2. The van der Waals surface area contributed by atoms with E-state index in [2.05, 4.69) is 10.3 Å². The second kappa shape index (κ2) is 6.02. The van der Waals surface area contributed by atoms with Crippen molar-refractivity contribution < 1.29 is 4.79 Å². The average Bonchev–Trinajstić information content (AvgIpc) is 2.79. The second-order valence-electron chi connectivity index (χ2n) is 4.63. The van der Waals surface area contributed by atoms with Crippen molar-refractivity contribution in [2.75, 3.05) is 6.54 Å². The Hall–Kier alpha value is -1.26. The third kappa shape index (κ3) is 2.63. The van der Waals surface area contributed by atoms with E-state index in [9.17, 15) is 4.79 Å². The van der Waals surface area contributed by atoms with Gasteiger partial charge in [0, 0.05) is 6.54 Å². The third-order valence-electron chi connectivity index (χ3n) is 3.17. The first kappa shape index (κ1) is 15.1. The summed E-state index contributed by atoms with van der Waals surface area (Å²) in [6, 6.07) is 5.12. The summed E-state index contributed by atoms with van der Waals surface area (Å²) in [5, 5.41) is 3.06. The standard InChI is InChI=1S/C14H17Cl2N3O/c1-4-17-14(20)9(3)19-11-7-5-6-10(16)12(11)18-13(19)8(2)15/h5-9H,4H2,1-3H3,(H,17,20). The Labute approximate surface area is 128 Å². The fourth-order valence-corrected chi connectivity index (χ4v) is 2.59. The number of carbonyl (C=O) groups excluding carboxylic acids is 1. The van der Waals surface area contributed by atoms with Crippen molar-refractivity contribution in [2.45, 2.75) is 32.2 Å². The first-order valence-electron chi connectivity index (χ1n) is 6.55. The molecule has 2 unspecified atom stereocenters. The van der Waals surface area contributed by atoms with E-state index in [1.165, 1.54) is 0 Å². The van der Waals surface area contributed by atoms with Crippen LogP contribution in [0.5, 0.6) is 0 Å². The number of fused-ring (bicyclic) bond motifs is 1. The molecule has 0 spiro atoms. The molecule has 0 fully saturated rings. The van der Waals surface area contributed by atoms with Crippen LogP contribution in [0.1, 0.15) is 38.0 Å². The molecule has 20 heavy (non-hydrogen) atoms. The number of benzene rings is 1. The van der Waals surface area contributed by atoms with Gasteiger partial charge < -0.3 is 9.88 Å². The number of halogens is 2. The molecule has 1 aromatic heterocycles. The zero-order valence-corrected chi connectivity index (χ0v) is 13.2. The van der Waals surface area contributed by atoms with E-state index in [-0.39, 0.29) is 11.3 Å². The molecule has 6 heteroatoms. The number of rotatable bonds is 4.